The number of nitrogens with two attached hydrogens (primary N) is 1. The number of nitrogens with zero attached hydrogens (tertiary/aromatic N) is 1. The number of hydrogen-bond donors (Lipinski definition) is 1. The Hall–Kier alpha value is -2.30. The average Bonchev–Trinajstić information content (AvgIpc) is 2.71. The lowest BCUT2D eigenvalue weighted by atomic mass is 10.3. The summed E-state index contributed by atoms with van der Waals surface area (Å²) in [6.45, 7) is 0. The Bertz CT molecular complexity index is 398. The van der Waals surface area contributed by atoms with Crippen LogP contribution in [0.25, 0.3) is 0 Å². The first-order valence-electron chi connectivity index (χ1n) is 4.18. The zero-order chi connectivity index (χ0) is 11.1. The van der Waals surface area contributed by atoms with Gasteiger partial charge in [-0.3, -0.25) is 10.1 Å². The van der Waals surface area contributed by atoms with Crippen LogP contribution in [-0.4, -0.2) is 4.92 Å². The quantitative estimate of drug-likeness (QED) is 0.573. The molecule has 2 aromatic rings. The van der Waals surface area contributed by atoms with Gasteiger partial charge in [0, 0.05) is 18.2 Å². The van der Waals surface area contributed by atoms with Crippen LogP contribution in [0.4, 0.5) is 11.6 Å². The molecule has 2 rings (SSSR count). The van der Waals surface area contributed by atoms with Gasteiger partial charge >= 0.3 is 0 Å². The van der Waals surface area contributed by atoms with E-state index >= 15 is 0 Å². The van der Waals surface area contributed by atoms with Gasteiger partial charge in [-0.15, -0.1) is 0 Å². The number of benzene rings is 1. The van der Waals surface area contributed by atoms with Crippen LogP contribution in [0, 0.1) is 10.1 Å². The Morgan fingerprint density at radius 1 is 1.13 bits per heavy atom. The molecular weight excluding hydrogens is 196 g/mol. The van der Waals surface area contributed by atoms with Gasteiger partial charge < -0.3 is 10.2 Å². The first-order chi connectivity index (χ1) is 7.20. The molecule has 0 aliphatic heterocycles. The van der Waals surface area contributed by atoms with Crippen LogP contribution >= 0.6 is 0 Å². The third kappa shape index (κ3) is 3.95. The van der Waals surface area contributed by atoms with Crippen LogP contribution in [0.5, 0.6) is 0 Å². The van der Waals surface area contributed by atoms with Gasteiger partial charge in [-0.2, -0.15) is 0 Å². The highest BCUT2D eigenvalue weighted by molar-refractivity contribution is 5.28. The van der Waals surface area contributed by atoms with Crippen LogP contribution < -0.4 is 5.73 Å². The molecule has 15 heavy (non-hydrogen) atoms. The molecule has 1 aromatic carbocycles. The summed E-state index contributed by atoms with van der Waals surface area (Å²) in [5, 5.41) is 10.0. The molecule has 5 nitrogen and oxygen atoms in total. The Kier molecular flexibility index (Phi) is 3.91. The molecule has 0 aliphatic rings. The second-order valence-corrected chi connectivity index (χ2v) is 2.61. The Morgan fingerprint density at radius 3 is 2.07 bits per heavy atom. The van der Waals surface area contributed by atoms with E-state index in [0.29, 0.717) is 5.88 Å². The topological polar surface area (TPSA) is 82.3 Å². The first kappa shape index (κ1) is 10.8. The van der Waals surface area contributed by atoms with E-state index in [9.17, 15) is 10.1 Å². The molecule has 0 saturated heterocycles. The summed E-state index contributed by atoms with van der Waals surface area (Å²) in [7, 11) is 0. The third-order valence-corrected chi connectivity index (χ3v) is 1.51. The standard InChI is InChI=1S/C6H5NO2.C4H5NO/c8-7(9)6-4-2-1-3-5-6;5-4-2-1-3-6-4/h1-5H;1-3H,5H2. The molecule has 0 fully saturated rings. The highest BCUT2D eigenvalue weighted by atomic mass is 16.6. The molecule has 0 amide bonds. The summed E-state index contributed by atoms with van der Waals surface area (Å²) < 4.78 is 4.61. The van der Waals surface area contributed by atoms with Gasteiger partial charge in [0.25, 0.3) is 5.69 Å². The van der Waals surface area contributed by atoms with E-state index < -0.39 is 4.92 Å². The van der Waals surface area contributed by atoms with Gasteiger partial charge in [0.15, 0.2) is 5.88 Å². The molecule has 0 aliphatic carbocycles. The molecule has 0 spiro atoms. The monoisotopic (exact) mass is 206 g/mol. The van der Waals surface area contributed by atoms with E-state index in [0.717, 1.165) is 0 Å². The lowest BCUT2D eigenvalue weighted by Crippen LogP contribution is -1.84. The minimum atomic E-state index is -0.417. The van der Waals surface area contributed by atoms with Gasteiger partial charge in [0.1, 0.15) is 0 Å². The number of nitro benzene ring substituents is 1. The van der Waals surface area contributed by atoms with E-state index in [1.807, 2.05) is 0 Å². The summed E-state index contributed by atoms with van der Waals surface area (Å²) in [6.07, 6.45) is 1.54. The van der Waals surface area contributed by atoms with Gasteiger partial charge in [-0.1, -0.05) is 18.2 Å². The summed E-state index contributed by atoms with van der Waals surface area (Å²) in [5.74, 6) is 0.468. The van der Waals surface area contributed by atoms with Crippen LogP contribution in [0.3, 0.4) is 0 Å². The minimum absolute atomic E-state index is 0.137. The lowest BCUT2D eigenvalue weighted by Gasteiger charge is -1.85. The summed E-state index contributed by atoms with van der Waals surface area (Å²) in [6, 6.07) is 11.4. The number of nitrogen functional groups attached to an aromatic ring is 1. The summed E-state index contributed by atoms with van der Waals surface area (Å²) in [5.41, 5.74) is 5.25. The van der Waals surface area contributed by atoms with Gasteiger partial charge in [0.2, 0.25) is 0 Å². The van der Waals surface area contributed by atoms with Gasteiger partial charge in [0.05, 0.1) is 11.2 Å². The minimum Gasteiger partial charge on any atom is -0.449 e. The summed E-state index contributed by atoms with van der Waals surface area (Å²) in [4.78, 5) is 9.59. The van der Waals surface area contributed by atoms with Crippen molar-refractivity contribution in [2.24, 2.45) is 0 Å². The summed E-state index contributed by atoms with van der Waals surface area (Å²) >= 11 is 0. The molecule has 0 unspecified atom stereocenters. The molecule has 0 bridgehead atoms. The predicted molar refractivity (Wildman–Crippen MR) is 56.2 cm³/mol. The molecule has 1 heterocycles. The van der Waals surface area contributed by atoms with Crippen LogP contribution in [0.2, 0.25) is 0 Å². The van der Waals surface area contributed by atoms with Crippen molar-refractivity contribution in [1.29, 1.82) is 0 Å². The number of furan rings is 1. The fourth-order valence-corrected chi connectivity index (χ4v) is 0.841. The second-order valence-electron chi connectivity index (χ2n) is 2.61. The SMILES string of the molecule is Nc1ccco1.O=[N+]([O-])c1ccccc1. The fourth-order valence-electron chi connectivity index (χ4n) is 0.841. The van der Waals surface area contributed by atoms with Crippen molar-refractivity contribution < 1.29 is 9.34 Å². The van der Waals surface area contributed by atoms with Crippen molar-refractivity contribution >= 4 is 11.6 Å². The Labute approximate surface area is 86.3 Å². The maximum Gasteiger partial charge on any atom is 0.269 e. The molecule has 0 atom stereocenters. The maximum absolute atomic E-state index is 10.0. The normalized spacial score (nSPS) is 8.80. The first-order valence-corrected chi connectivity index (χ1v) is 4.18. The third-order valence-electron chi connectivity index (χ3n) is 1.51. The van der Waals surface area contributed by atoms with E-state index in [4.69, 9.17) is 5.73 Å². The molecule has 78 valence electrons. The Balaban J connectivity index is 0.000000162. The largest absolute Gasteiger partial charge is 0.449 e. The second kappa shape index (κ2) is 5.43. The van der Waals surface area contributed by atoms with Crippen LogP contribution in [0.15, 0.2) is 53.1 Å². The lowest BCUT2D eigenvalue weighted by molar-refractivity contribution is -0.384. The van der Waals surface area contributed by atoms with Gasteiger partial charge in [-0.05, 0) is 6.07 Å². The van der Waals surface area contributed by atoms with E-state index in [1.165, 1.54) is 18.4 Å². The van der Waals surface area contributed by atoms with Gasteiger partial charge in [-0.25, -0.2) is 0 Å². The smallest absolute Gasteiger partial charge is 0.269 e. The van der Waals surface area contributed by atoms with Crippen molar-refractivity contribution in [2.75, 3.05) is 5.73 Å². The highest BCUT2D eigenvalue weighted by Gasteiger charge is 1.98. The van der Waals surface area contributed by atoms with Crippen molar-refractivity contribution in [1.82, 2.24) is 0 Å². The van der Waals surface area contributed by atoms with Crippen molar-refractivity contribution in [3.63, 3.8) is 0 Å². The zero-order valence-corrected chi connectivity index (χ0v) is 7.87. The number of non-ortho nitro benzene ring substituents is 1. The number of anilines is 1. The van der Waals surface area contributed by atoms with Crippen molar-refractivity contribution in [3.8, 4) is 0 Å². The number of para-hydroxylation sites is 1. The average molecular weight is 206 g/mol. The predicted octanol–water partition coefficient (Wildman–Crippen LogP) is 2.46. The van der Waals surface area contributed by atoms with Crippen LogP contribution in [0.1, 0.15) is 0 Å². The number of hydrogen-bond acceptors (Lipinski definition) is 4. The number of rotatable bonds is 1. The van der Waals surface area contributed by atoms with E-state index in [1.54, 1.807) is 30.3 Å². The molecule has 0 radical (unpaired) electrons. The van der Waals surface area contributed by atoms with Crippen molar-refractivity contribution in [2.45, 2.75) is 0 Å². The van der Waals surface area contributed by atoms with Crippen molar-refractivity contribution in [3.05, 3.63) is 58.8 Å². The molecular formula is C10H10N2O3. The fraction of sp³-hybridized carbons (Fsp3) is 0. The molecule has 2 N–H and O–H groups in total. The maximum atomic E-state index is 10.0. The van der Waals surface area contributed by atoms with Crippen LogP contribution in [-0.2, 0) is 0 Å². The molecule has 1 aromatic heterocycles. The molecule has 0 saturated carbocycles. The van der Waals surface area contributed by atoms with E-state index in [-0.39, 0.29) is 5.69 Å². The zero-order valence-electron chi connectivity index (χ0n) is 7.87. The highest BCUT2D eigenvalue weighted by Crippen LogP contribution is 2.06. The number of nitro groups is 1. The molecule has 5 heteroatoms. The van der Waals surface area contributed by atoms with E-state index in [2.05, 4.69) is 4.42 Å². The Morgan fingerprint density at radius 2 is 1.80 bits per heavy atom.